The second-order valence-electron chi connectivity index (χ2n) is 4.64. The molecular formula is C17H15NO3S. The van der Waals surface area contributed by atoms with E-state index in [1.54, 1.807) is 61.7 Å². The highest BCUT2D eigenvalue weighted by atomic mass is 32.2. The first-order valence-electron chi connectivity index (χ1n) is 6.58. The van der Waals surface area contributed by atoms with Crippen molar-refractivity contribution < 1.29 is 13.2 Å². The number of benzene rings is 2. The number of methoxy groups -OCH3 is 1. The molecule has 0 aliphatic heterocycles. The zero-order chi connectivity index (χ0) is 16.0. The molecule has 4 nitrogen and oxygen atoms in total. The Morgan fingerprint density at radius 2 is 1.77 bits per heavy atom. The van der Waals surface area contributed by atoms with Crippen LogP contribution in [0.5, 0.6) is 5.75 Å². The molecule has 0 aliphatic carbocycles. The van der Waals surface area contributed by atoms with Crippen molar-refractivity contribution in [1.29, 1.82) is 5.26 Å². The molecule has 22 heavy (non-hydrogen) atoms. The number of hydrogen-bond acceptors (Lipinski definition) is 4. The summed E-state index contributed by atoms with van der Waals surface area (Å²) in [6.45, 7) is 0. The summed E-state index contributed by atoms with van der Waals surface area (Å²) in [5.74, 6) is 0.478. The molecule has 0 amide bonds. The summed E-state index contributed by atoms with van der Waals surface area (Å²) in [6, 6.07) is 17.4. The number of nitrogens with zero attached hydrogens (tertiary/aromatic N) is 1. The average molecular weight is 313 g/mol. The van der Waals surface area contributed by atoms with Gasteiger partial charge in [-0.3, -0.25) is 0 Å². The van der Waals surface area contributed by atoms with Gasteiger partial charge in [0.2, 0.25) is 0 Å². The SMILES string of the molecule is COc1ccc(C=C(C#N)S(=O)(=O)Cc2ccccc2)cc1. The Morgan fingerprint density at radius 3 is 2.32 bits per heavy atom. The van der Waals surface area contributed by atoms with Gasteiger partial charge in [-0.25, -0.2) is 8.42 Å². The molecule has 112 valence electrons. The second-order valence-corrected chi connectivity index (χ2v) is 6.60. The summed E-state index contributed by atoms with van der Waals surface area (Å²) in [5, 5.41) is 9.18. The fraction of sp³-hybridized carbons (Fsp3) is 0.118. The maximum atomic E-state index is 12.3. The molecule has 0 unspecified atom stereocenters. The van der Waals surface area contributed by atoms with Crippen LogP contribution in [0.3, 0.4) is 0 Å². The van der Waals surface area contributed by atoms with Crippen molar-refractivity contribution >= 4 is 15.9 Å². The van der Waals surface area contributed by atoms with Crippen molar-refractivity contribution in [2.24, 2.45) is 0 Å². The second kappa shape index (κ2) is 6.92. The number of ether oxygens (including phenoxy) is 1. The van der Waals surface area contributed by atoms with Gasteiger partial charge in [-0.15, -0.1) is 0 Å². The summed E-state index contributed by atoms with van der Waals surface area (Å²) in [5.41, 5.74) is 1.28. The standard InChI is InChI=1S/C17H15NO3S/c1-21-16-9-7-14(8-10-16)11-17(12-18)22(19,20)13-15-5-3-2-4-6-15/h2-11H,13H2,1H3. The number of rotatable bonds is 5. The lowest BCUT2D eigenvalue weighted by molar-refractivity contribution is 0.415. The quantitative estimate of drug-likeness (QED) is 0.795. The first-order chi connectivity index (χ1) is 10.5. The minimum atomic E-state index is -3.67. The molecule has 0 spiro atoms. The van der Waals surface area contributed by atoms with Crippen LogP contribution in [0.25, 0.3) is 6.08 Å². The van der Waals surface area contributed by atoms with Crippen LogP contribution in [0.15, 0.2) is 59.5 Å². The molecule has 0 radical (unpaired) electrons. The van der Waals surface area contributed by atoms with Crippen molar-refractivity contribution in [3.63, 3.8) is 0 Å². The molecule has 0 N–H and O–H groups in total. The van der Waals surface area contributed by atoms with Crippen LogP contribution in [0.4, 0.5) is 0 Å². The molecular weight excluding hydrogens is 298 g/mol. The van der Waals surface area contributed by atoms with Gasteiger partial charge in [0, 0.05) is 0 Å². The van der Waals surface area contributed by atoms with Crippen molar-refractivity contribution in [3.05, 3.63) is 70.6 Å². The molecule has 0 saturated heterocycles. The highest BCUT2D eigenvalue weighted by Crippen LogP contribution is 2.19. The molecule has 0 fully saturated rings. The molecule has 2 aromatic carbocycles. The average Bonchev–Trinajstić information content (AvgIpc) is 2.53. The minimum Gasteiger partial charge on any atom is -0.497 e. The van der Waals surface area contributed by atoms with Crippen LogP contribution in [0.2, 0.25) is 0 Å². The van der Waals surface area contributed by atoms with E-state index in [0.717, 1.165) is 0 Å². The van der Waals surface area contributed by atoms with Gasteiger partial charge in [-0.2, -0.15) is 5.26 Å². The molecule has 5 heteroatoms. The highest BCUT2D eigenvalue weighted by Gasteiger charge is 2.18. The van der Waals surface area contributed by atoms with E-state index >= 15 is 0 Å². The molecule has 2 rings (SSSR count). The summed E-state index contributed by atoms with van der Waals surface area (Å²) >= 11 is 0. The van der Waals surface area contributed by atoms with Crippen LogP contribution in [0, 0.1) is 11.3 Å². The van der Waals surface area contributed by atoms with E-state index in [-0.39, 0.29) is 10.7 Å². The molecule has 0 saturated carbocycles. The van der Waals surface area contributed by atoms with Gasteiger partial charge in [-0.05, 0) is 29.3 Å². The summed E-state index contributed by atoms with van der Waals surface area (Å²) in [4.78, 5) is -0.249. The van der Waals surface area contributed by atoms with E-state index in [4.69, 9.17) is 4.74 Å². The molecule has 2 aromatic rings. The Bertz CT molecular complexity index is 801. The minimum absolute atomic E-state index is 0.191. The van der Waals surface area contributed by atoms with E-state index in [0.29, 0.717) is 16.9 Å². The highest BCUT2D eigenvalue weighted by molar-refractivity contribution is 7.95. The van der Waals surface area contributed by atoms with Crippen LogP contribution in [0.1, 0.15) is 11.1 Å². The van der Waals surface area contributed by atoms with E-state index in [9.17, 15) is 13.7 Å². The van der Waals surface area contributed by atoms with Gasteiger partial charge in [0.25, 0.3) is 0 Å². The fourth-order valence-electron chi connectivity index (χ4n) is 1.91. The van der Waals surface area contributed by atoms with Gasteiger partial charge in [0.05, 0.1) is 12.9 Å². The van der Waals surface area contributed by atoms with Gasteiger partial charge >= 0.3 is 0 Å². The Hall–Kier alpha value is -2.58. The van der Waals surface area contributed by atoms with Crippen LogP contribution in [-0.2, 0) is 15.6 Å². The molecule has 0 aromatic heterocycles. The number of nitriles is 1. The summed E-state index contributed by atoms with van der Waals surface area (Å²) in [6.07, 6.45) is 1.37. The zero-order valence-corrected chi connectivity index (χ0v) is 12.9. The van der Waals surface area contributed by atoms with Crippen LogP contribution < -0.4 is 4.74 Å². The molecule has 0 atom stereocenters. The smallest absolute Gasteiger partial charge is 0.192 e. The Kier molecular flexibility index (Phi) is 4.97. The first kappa shape index (κ1) is 15.8. The number of allylic oxidation sites excluding steroid dienone is 1. The Morgan fingerprint density at radius 1 is 1.14 bits per heavy atom. The van der Waals surface area contributed by atoms with Crippen molar-refractivity contribution in [3.8, 4) is 11.8 Å². The normalized spacial score (nSPS) is 11.7. The lowest BCUT2D eigenvalue weighted by atomic mass is 10.2. The Balaban J connectivity index is 2.29. The largest absolute Gasteiger partial charge is 0.497 e. The number of sulfone groups is 1. The van der Waals surface area contributed by atoms with Gasteiger partial charge < -0.3 is 4.74 Å². The third-order valence-corrected chi connectivity index (χ3v) is 4.65. The van der Waals surface area contributed by atoms with E-state index in [1.807, 2.05) is 6.07 Å². The lowest BCUT2D eigenvalue weighted by Gasteiger charge is -2.04. The third kappa shape index (κ3) is 3.96. The number of hydrogen-bond donors (Lipinski definition) is 0. The lowest BCUT2D eigenvalue weighted by Crippen LogP contribution is -2.06. The van der Waals surface area contributed by atoms with Gasteiger partial charge in [-0.1, -0.05) is 42.5 Å². The summed E-state index contributed by atoms with van der Waals surface area (Å²) in [7, 11) is -2.12. The maximum Gasteiger partial charge on any atom is 0.192 e. The molecule has 0 aliphatic rings. The van der Waals surface area contributed by atoms with E-state index in [1.165, 1.54) is 6.08 Å². The topological polar surface area (TPSA) is 67.2 Å². The van der Waals surface area contributed by atoms with E-state index in [2.05, 4.69) is 0 Å². The third-order valence-electron chi connectivity index (χ3n) is 3.06. The first-order valence-corrected chi connectivity index (χ1v) is 8.23. The predicted octanol–water partition coefficient (Wildman–Crippen LogP) is 3.17. The van der Waals surface area contributed by atoms with Crippen LogP contribution in [-0.4, -0.2) is 15.5 Å². The van der Waals surface area contributed by atoms with Crippen molar-refractivity contribution in [2.75, 3.05) is 7.11 Å². The Labute approximate surface area is 130 Å². The molecule has 0 bridgehead atoms. The van der Waals surface area contributed by atoms with Gasteiger partial charge in [0.15, 0.2) is 9.84 Å². The van der Waals surface area contributed by atoms with Crippen molar-refractivity contribution in [2.45, 2.75) is 5.75 Å². The summed E-state index contributed by atoms with van der Waals surface area (Å²) < 4.78 is 29.7. The van der Waals surface area contributed by atoms with Crippen molar-refractivity contribution in [1.82, 2.24) is 0 Å². The predicted molar refractivity (Wildman–Crippen MR) is 85.6 cm³/mol. The maximum absolute atomic E-state index is 12.3. The fourth-order valence-corrected chi connectivity index (χ4v) is 3.16. The monoisotopic (exact) mass is 313 g/mol. The molecule has 0 heterocycles. The van der Waals surface area contributed by atoms with Crippen LogP contribution >= 0.6 is 0 Å². The van der Waals surface area contributed by atoms with E-state index < -0.39 is 9.84 Å². The zero-order valence-electron chi connectivity index (χ0n) is 12.1. The van der Waals surface area contributed by atoms with Gasteiger partial charge in [0.1, 0.15) is 16.7 Å².